The van der Waals surface area contributed by atoms with Gasteiger partial charge in [0.25, 0.3) is 0 Å². The Balaban J connectivity index is 0.987. The summed E-state index contributed by atoms with van der Waals surface area (Å²) in [4.78, 5) is 7.05. The van der Waals surface area contributed by atoms with Gasteiger partial charge in [-0.2, -0.15) is 0 Å². The maximum atomic E-state index is 6.33. The summed E-state index contributed by atoms with van der Waals surface area (Å²) in [5, 5.41) is 24.5. The van der Waals surface area contributed by atoms with Crippen LogP contribution in [0, 0.1) is 0 Å². The van der Waals surface area contributed by atoms with Crippen LogP contribution in [0.15, 0.2) is 187 Å². The molecule has 11 aromatic rings. The van der Waals surface area contributed by atoms with E-state index in [2.05, 4.69) is 141 Å². The number of hydrogen-bond acceptors (Lipinski definition) is 7. The molecule has 0 aliphatic rings. The van der Waals surface area contributed by atoms with Gasteiger partial charge in [0, 0.05) is 61.5 Å². The Kier molecular flexibility index (Phi) is 7.35. The molecule has 0 fully saturated rings. The number of rotatable bonds is 6. The number of aromatic nitrogens is 5. The van der Waals surface area contributed by atoms with Gasteiger partial charge in [0.1, 0.15) is 11.3 Å². The number of furan rings is 1. The SMILES string of the molecule is c1ccc2nnc(-c3ccc(N(c4ccc(-c5cc6ccccc6nn5)cc4)c4ccc5cc(-c6nccc7c6oc6ccccc67)ccc5c4)cc3)cc2c1. The molecule has 0 amide bonds. The standard InChI is InChI=1S/C49H30N6O/c1-4-10-43-35(7-1)29-45(53-51-43)31-15-20-38(21-16-31)55(39-22-17-32(18-23-39)46-30-36-8-2-5-11-44(36)52-54-46)40-24-19-33-27-37(14-13-34(33)28-40)48-49-42(25-26-50-48)41-9-3-6-12-47(41)56-49/h1-30H. The summed E-state index contributed by atoms with van der Waals surface area (Å²) in [6, 6.07) is 60.5. The van der Waals surface area contributed by atoms with E-state index in [0.717, 1.165) is 105 Å². The summed E-state index contributed by atoms with van der Waals surface area (Å²) >= 11 is 0. The van der Waals surface area contributed by atoms with Crippen LogP contribution in [0.25, 0.3) is 88.3 Å². The molecular weight excluding hydrogens is 689 g/mol. The molecule has 56 heavy (non-hydrogen) atoms. The van der Waals surface area contributed by atoms with Crippen LogP contribution in [0.3, 0.4) is 0 Å². The summed E-state index contributed by atoms with van der Waals surface area (Å²) in [5.41, 5.74) is 12.0. The molecule has 7 aromatic carbocycles. The van der Waals surface area contributed by atoms with Gasteiger partial charge in [-0.15, -0.1) is 20.4 Å². The van der Waals surface area contributed by atoms with Crippen LogP contribution in [0.5, 0.6) is 0 Å². The molecule has 7 nitrogen and oxygen atoms in total. The highest BCUT2D eigenvalue weighted by atomic mass is 16.3. The molecule has 262 valence electrons. The monoisotopic (exact) mass is 718 g/mol. The lowest BCUT2D eigenvalue weighted by atomic mass is 10.0. The zero-order valence-corrected chi connectivity index (χ0v) is 29.9. The van der Waals surface area contributed by atoms with Crippen molar-refractivity contribution in [3.05, 3.63) is 182 Å². The van der Waals surface area contributed by atoms with E-state index in [1.807, 2.05) is 66.9 Å². The summed E-state index contributed by atoms with van der Waals surface area (Å²) in [6.45, 7) is 0. The number of nitrogens with zero attached hydrogens (tertiary/aromatic N) is 6. The molecule has 0 saturated carbocycles. The van der Waals surface area contributed by atoms with Crippen molar-refractivity contribution in [1.82, 2.24) is 25.4 Å². The highest BCUT2D eigenvalue weighted by Crippen LogP contribution is 2.40. The second-order valence-electron chi connectivity index (χ2n) is 13.9. The Labute approximate surface area is 321 Å². The molecule has 0 bridgehead atoms. The van der Waals surface area contributed by atoms with Gasteiger partial charge >= 0.3 is 0 Å². The average Bonchev–Trinajstić information content (AvgIpc) is 3.66. The van der Waals surface area contributed by atoms with E-state index in [-0.39, 0.29) is 0 Å². The molecule has 0 unspecified atom stereocenters. The number of fused-ring (bicyclic) bond motifs is 6. The first-order chi connectivity index (χ1) is 27.7. The minimum Gasteiger partial charge on any atom is -0.454 e. The van der Waals surface area contributed by atoms with E-state index in [4.69, 9.17) is 9.40 Å². The van der Waals surface area contributed by atoms with Crippen molar-refractivity contribution in [2.45, 2.75) is 0 Å². The lowest BCUT2D eigenvalue weighted by Crippen LogP contribution is -2.10. The Morgan fingerprint density at radius 1 is 0.393 bits per heavy atom. The third-order valence-corrected chi connectivity index (χ3v) is 10.5. The maximum Gasteiger partial charge on any atom is 0.161 e. The minimum atomic E-state index is 0.798. The fourth-order valence-corrected chi connectivity index (χ4v) is 7.64. The molecular formula is C49H30N6O. The molecule has 0 radical (unpaired) electrons. The van der Waals surface area contributed by atoms with Gasteiger partial charge in [0.05, 0.1) is 22.4 Å². The van der Waals surface area contributed by atoms with Crippen LogP contribution in [-0.2, 0) is 0 Å². The summed E-state index contributed by atoms with van der Waals surface area (Å²) in [6.07, 6.45) is 1.86. The van der Waals surface area contributed by atoms with Crippen LogP contribution in [-0.4, -0.2) is 25.4 Å². The van der Waals surface area contributed by atoms with E-state index in [9.17, 15) is 0 Å². The molecule has 7 heteroatoms. The quantitative estimate of drug-likeness (QED) is 0.169. The highest BCUT2D eigenvalue weighted by molar-refractivity contribution is 6.09. The van der Waals surface area contributed by atoms with E-state index in [0.29, 0.717) is 0 Å². The fourth-order valence-electron chi connectivity index (χ4n) is 7.64. The van der Waals surface area contributed by atoms with E-state index < -0.39 is 0 Å². The number of pyridine rings is 1. The first-order valence-electron chi connectivity index (χ1n) is 18.5. The lowest BCUT2D eigenvalue weighted by molar-refractivity contribution is 0.668. The topological polar surface area (TPSA) is 80.8 Å². The molecule has 4 heterocycles. The molecule has 0 aliphatic carbocycles. The van der Waals surface area contributed by atoms with Crippen molar-refractivity contribution >= 4 is 71.6 Å². The van der Waals surface area contributed by atoms with Gasteiger partial charge in [-0.05, 0) is 89.6 Å². The molecule has 4 aromatic heterocycles. The Morgan fingerprint density at radius 2 is 0.946 bits per heavy atom. The highest BCUT2D eigenvalue weighted by Gasteiger charge is 2.17. The van der Waals surface area contributed by atoms with Crippen LogP contribution in [0.1, 0.15) is 0 Å². The van der Waals surface area contributed by atoms with Gasteiger partial charge in [-0.1, -0.05) is 97.1 Å². The first kappa shape index (κ1) is 31.7. The Morgan fingerprint density at radius 3 is 1.62 bits per heavy atom. The largest absolute Gasteiger partial charge is 0.454 e. The maximum absolute atomic E-state index is 6.33. The Hall–Kier alpha value is -7.77. The van der Waals surface area contributed by atoms with Crippen molar-refractivity contribution in [1.29, 1.82) is 0 Å². The second-order valence-corrected chi connectivity index (χ2v) is 13.9. The number of para-hydroxylation sites is 1. The second kappa shape index (κ2) is 13.0. The normalized spacial score (nSPS) is 11.6. The zero-order chi connectivity index (χ0) is 37.0. The Bertz CT molecular complexity index is 3140. The van der Waals surface area contributed by atoms with Crippen LogP contribution in [0.4, 0.5) is 17.1 Å². The summed E-state index contributed by atoms with van der Waals surface area (Å²) < 4.78 is 6.33. The first-order valence-corrected chi connectivity index (χ1v) is 18.5. The van der Waals surface area contributed by atoms with E-state index in [1.54, 1.807) is 0 Å². The smallest absolute Gasteiger partial charge is 0.161 e. The third kappa shape index (κ3) is 5.49. The fraction of sp³-hybridized carbons (Fsp3) is 0. The average molecular weight is 719 g/mol. The van der Waals surface area contributed by atoms with Gasteiger partial charge < -0.3 is 9.32 Å². The van der Waals surface area contributed by atoms with Crippen molar-refractivity contribution in [2.75, 3.05) is 4.90 Å². The van der Waals surface area contributed by atoms with Gasteiger partial charge in [-0.25, -0.2) is 0 Å². The van der Waals surface area contributed by atoms with Crippen LogP contribution in [0.2, 0.25) is 0 Å². The minimum absolute atomic E-state index is 0.798. The molecule has 11 rings (SSSR count). The number of benzene rings is 7. The molecule has 0 N–H and O–H groups in total. The van der Waals surface area contributed by atoms with Crippen LogP contribution < -0.4 is 4.90 Å². The van der Waals surface area contributed by atoms with Crippen molar-refractivity contribution in [3.8, 4) is 33.8 Å². The predicted molar refractivity (Wildman–Crippen MR) is 226 cm³/mol. The third-order valence-electron chi connectivity index (χ3n) is 10.5. The number of anilines is 3. The molecule has 0 spiro atoms. The lowest BCUT2D eigenvalue weighted by Gasteiger charge is -2.26. The van der Waals surface area contributed by atoms with Gasteiger partial charge in [0.15, 0.2) is 5.58 Å². The molecule has 0 aliphatic heterocycles. The summed E-state index contributed by atoms with van der Waals surface area (Å²) in [5.74, 6) is 0. The van der Waals surface area contributed by atoms with Crippen molar-refractivity contribution in [3.63, 3.8) is 0 Å². The zero-order valence-electron chi connectivity index (χ0n) is 29.9. The number of hydrogen-bond donors (Lipinski definition) is 0. The predicted octanol–water partition coefficient (Wildman–Crippen LogP) is 12.5. The van der Waals surface area contributed by atoms with Crippen LogP contribution >= 0.6 is 0 Å². The van der Waals surface area contributed by atoms with E-state index >= 15 is 0 Å². The van der Waals surface area contributed by atoms with Gasteiger partial charge in [-0.3, -0.25) is 4.98 Å². The molecule has 0 saturated heterocycles. The van der Waals surface area contributed by atoms with Crippen molar-refractivity contribution in [2.24, 2.45) is 0 Å². The molecule has 0 atom stereocenters. The van der Waals surface area contributed by atoms with E-state index in [1.165, 1.54) is 0 Å². The summed E-state index contributed by atoms with van der Waals surface area (Å²) in [7, 11) is 0. The van der Waals surface area contributed by atoms with Gasteiger partial charge in [0.2, 0.25) is 0 Å². The van der Waals surface area contributed by atoms with Crippen molar-refractivity contribution < 1.29 is 4.42 Å².